The van der Waals surface area contributed by atoms with Gasteiger partial charge in [-0.1, -0.05) is 0 Å². The van der Waals surface area contributed by atoms with Crippen molar-refractivity contribution in [2.45, 2.75) is 31.8 Å². The number of rotatable bonds is 4. The molecule has 0 unspecified atom stereocenters. The summed E-state index contributed by atoms with van der Waals surface area (Å²) in [6.07, 6.45) is 5.84. The van der Waals surface area contributed by atoms with E-state index in [9.17, 15) is 4.79 Å². The molecular formula is C19H27N3O3. The fourth-order valence-electron chi connectivity index (χ4n) is 4.26. The average molecular weight is 345 g/mol. The van der Waals surface area contributed by atoms with Crippen molar-refractivity contribution in [2.24, 2.45) is 11.3 Å². The van der Waals surface area contributed by atoms with Gasteiger partial charge in [-0.15, -0.1) is 0 Å². The molecule has 0 N–H and O–H groups in total. The molecule has 3 heterocycles. The third kappa shape index (κ3) is 3.19. The lowest BCUT2D eigenvalue weighted by molar-refractivity contribution is -0.133. The molecule has 2 saturated heterocycles. The van der Waals surface area contributed by atoms with Gasteiger partial charge in [-0.05, 0) is 36.8 Å². The van der Waals surface area contributed by atoms with E-state index in [1.807, 2.05) is 36.0 Å². The molecule has 3 aliphatic rings. The number of nitrogens with zero attached hydrogens (tertiary/aromatic N) is 3. The number of hydrogen-bond donors (Lipinski definition) is 0. The Balaban J connectivity index is 1.35. The van der Waals surface area contributed by atoms with Crippen LogP contribution in [0.15, 0.2) is 18.3 Å². The summed E-state index contributed by atoms with van der Waals surface area (Å²) >= 11 is 0. The summed E-state index contributed by atoms with van der Waals surface area (Å²) in [6, 6.07) is 3.84. The Hall–Kier alpha value is -1.82. The summed E-state index contributed by atoms with van der Waals surface area (Å²) in [5, 5.41) is 0. The Morgan fingerprint density at radius 2 is 2.20 bits per heavy atom. The minimum Gasteiger partial charge on any atom is -0.485 e. The molecule has 25 heavy (non-hydrogen) atoms. The van der Waals surface area contributed by atoms with Gasteiger partial charge in [-0.25, -0.2) is 4.98 Å². The molecule has 1 saturated carbocycles. The smallest absolute Gasteiger partial charge is 0.226 e. The maximum atomic E-state index is 12.9. The van der Waals surface area contributed by atoms with Gasteiger partial charge in [0.05, 0.1) is 6.54 Å². The summed E-state index contributed by atoms with van der Waals surface area (Å²) in [6.45, 7) is 3.10. The van der Waals surface area contributed by atoms with Gasteiger partial charge in [0.15, 0.2) is 11.6 Å². The highest BCUT2D eigenvalue weighted by molar-refractivity contribution is 5.83. The van der Waals surface area contributed by atoms with Crippen LogP contribution < -0.4 is 9.64 Å². The van der Waals surface area contributed by atoms with Gasteiger partial charge >= 0.3 is 0 Å². The third-order valence-electron chi connectivity index (χ3n) is 5.90. The van der Waals surface area contributed by atoms with Crippen LogP contribution in [0.2, 0.25) is 0 Å². The number of pyridine rings is 1. The van der Waals surface area contributed by atoms with Crippen LogP contribution in [0.3, 0.4) is 0 Å². The van der Waals surface area contributed by atoms with Crippen molar-refractivity contribution >= 4 is 11.7 Å². The van der Waals surface area contributed by atoms with E-state index in [0.29, 0.717) is 12.5 Å². The number of likely N-dealkylation sites (tertiary alicyclic amines) is 1. The second-order valence-electron chi connectivity index (χ2n) is 7.76. The van der Waals surface area contributed by atoms with Crippen molar-refractivity contribution in [2.75, 3.05) is 45.3 Å². The highest BCUT2D eigenvalue weighted by Crippen LogP contribution is 2.59. The number of carbonyl (C=O) groups is 1. The number of carbonyl (C=O) groups excluding carboxylic acids is 1. The van der Waals surface area contributed by atoms with Crippen LogP contribution in [-0.4, -0.2) is 62.3 Å². The van der Waals surface area contributed by atoms with Gasteiger partial charge in [-0.2, -0.15) is 0 Å². The second-order valence-corrected chi connectivity index (χ2v) is 7.76. The SMILES string of the molecule is CN(C)c1ncccc1O[C@H]1CCN(C(=O)[C@@H]2CC23CCOCC3)C1. The number of amides is 1. The predicted molar refractivity (Wildman–Crippen MR) is 94.8 cm³/mol. The zero-order valence-corrected chi connectivity index (χ0v) is 15.1. The Morgan fingerprint density at radius 1 is 1.40 bits per heavy atom. The van der Waals surface area contributed by atoms with Crippen LogP contribution in [0.1, 0.15) is 25.7 Å². The lowest BCUT2D eigenvalue weighted by Gasteiger charge is -2.24. The number of anilines is 1. The molecule has 3 fully saturated rings. The lowest BCUT2D eigenvalue weighted by Crippen LogP contribution is -2.34. The van der Waals surface area contributed by atoms with E-state index < -0.39 is 0 Å². The van der Waals surface area contributed by atoms with E-state index in [-0.39, 0.29) is 17.4 Å². The maximum Gasteiger partial charge on any atom is 0.226 e. The highest BCUT2D eigenvalue weighted by atomic mass is 16.5. The summed E-state index contributed by atoms with van der Waals surface area (Å²) in [7, 11) is 3.92. The van der Waals surface area contributed by atoms with E-state index >= 15 is 0 Å². The van der Waals surface area contributed by atoms with Crippen molar-refractivity contribution in [3.05, 3.63) is 18.3 Å². The first-order valence-corrected chi connectivity index (χ1v) is 9.25. The molecule has 1 spiro atoms. The minimum absolute atomic E-state index is 0.0521. The Labute approximate surface area is 149 Å². The van der Waals surface area contributed by atoms with Gasteiger partial charge in [0.25, 0.3) is 0 Å². The summed E-state index contributed by atoms with van der Waals surface area (Å²) in [4.78, 5) is 21.2. The topological polar surface area (TPSA) is 54.9 Å². The van der Waals surface area contributed by atoms with Crippen LogP contribution in [0, 0.1) is 11.3 Å². The zero-order valence-electron chi connectivity index (χ0n) is 15.1. The van der Waals surface area contributed by atoms with Crippen LogP contribution in [0.4, 0.5) is 5.82 Å². The average Bonchev–Trinajstić information content (AvgIpc) is 3.09. The highest BCUT2D eigenvalue weighted by Gasteiger charge is 2.59. The standard InChI is InChI=1S/C19H27N3O3/c1-21(2)17-16(4-3-8-20-17)25-14-5-9-22(13-14)18(23)15-12-19(15)6-10-24-11-7-19/h3-4,8,14-15H,5-7,9-13H2,1-2H3/t14-,15-/m0/s1. The van der Waals surface area contributed by atoms with Gasteiger partial charge in [0.2, 0.25) is 5.91 Å². The normalized spacial score (nSPS) is 27.4. The van der Waals surface area contributed by atoms with Crippen molar-refractivity contribution in [1.29, 1.82) is 0 Å². The monoisotopic (exact) mass is 345 g/mol. The van der Waals surface area contributed by atoms with E-state index in [2.05, 4.69) is 4.98 Å². The largest absolute Gasteiger partial charge is 0.485 e. The third-order valence-corrected chi connectivity index (χ3v) is 5.90. The molecule has 1 amide bonds. The molecule has 0 radical (unpaired) electrons. The van der Waals surface area contributed by atoms with Crippen LogP contribution >= 0.6 is 0 Å². The molecule has 2 atom stereocenters. The first kappa shape index (κ1) is 16.6. The molecular weight excluding hydrogens is 318 g/mol. The molecule has 1 aromatic heterocycles. The molecule has 4 rings (SSSR count). The summed E-state index contributed by atoms with van der Waals surface area (Å²) < 4.78 is 11.6. The van der Waals surface area contributed by atoms with Gasteiger partial charge in [-0.3, -0.25) is 4.79 Å². The number of ether oxygens (including phenoxy) is 2. The first-order chi connectivity index (χ1) is 12.1. The number of aromatic nitrogens is 1. The predicted octanol–water partition coefficient (Wildman–Crippen LogP) is 1.94. The number of hydrogen-bond acceptors (Lipinski definition) is 5. The van der Waals surface area contributed by atoms with Crippen LogP contribution in [-0.2, 0) is 9.53 Å². The quantitative estimate of drug-likeness (QED) is 0.835. The molecule has 6 nitrogen and oxygen atoms in total. The van der Waals surface area contributed by atoms with Crippen molar-refractivity contribution < 1.29 is 14.3 Å². The first-order valence-electron chi connectivity index (χ1n) is 9.25. The van der Waals surface area contributed by atoms with Gasteiger partial charge in [0, 0.05) is 52.4 Å². The lowest BCUT2D eigenvalue weighted by atomic mass is 9.93. The molecule has 136 valence electrons. The fourth-order valence-corrected chi connectivity index (χ4v) is 4.26. The Morgan fingerprint density at radius 3 is 2.96 bits per heavy atom. The molecule has 2 aliphatic heterocycles. The van der Waals surface area contributed by atoms with Crippen LogP contribution in [0.5, 0.6) is 5.75 Å². The Bertz CT molecular complexity index is 643. The fraction of sp³-hybridized carbons (Fsp3) is 0.684. The van der Waals surface area contributed by atoms with Crippen molar-refractivity contribution in [3.8, 4) is 5.75 Å². The van der Waals surface area contributed by atoms with E-state index in [1.54, 1.807) is 6.20 Å². The van der Waals surface area contributed by atoms with Gasteiger partial charge < -0.3 is 19.3 Å². The molecule has 0 aromatic carbocycles. The summed E-state index contributed by atoms with van der Waals surface area (Å²) in [5.74, 6) is 2.16. The van der Waals surface area contributed by atoms with E-state index in [4.69, 9.17) is 9.47 Å². The Kier molecular flexibility index (Phi) is 4.31. The van der Waals surface area contributed by atoms with E-state index in [0.717, 1.165) is 57.0 Å². The van der Waals surface area contributed by atoms with E-state index in [1.165, 1.54) is 0 Å². The molecule has 1 aliphatic carbocycles. The maximum absolute atomic E-state index is 12.9. The molecule has 0 bridgehead atoms. The summed E-state index contributed by atoms with van der Waals surface area (Å²) in [5.41, 5.74) is 0.246. The zero-order chi connectivity index (χ0) is 17.4. The van der Waals surface area contributed by atoms with Crippen molar-refractivity contribution in [3.63, 3.8) is 0 Å². The second kappa shape index (κ2) is 6.48. The minimum atomic E-state index is 0.0521. The molecule has 1 aromatic rings. The molecule has 6 heteroatoms. The van der Waals surface area contributed by atoms with Gasteiger partial charge in [0.1, 0.15) is 6.10 Å². The van der Waals surface area contributed by atoms with Crippen LogP contribution in [0.25, 0.3) is 0 Å². The van der Waals surface area contributed by atoms with Crippen molar-refractivity contribution in [1.82, 2.24) is 9.88 Å².